The van der Waals surface area contributed by atoms with Crippen molar-refractivity contribution in [1.29, 1.82) is 5.41 Å². The summed E-state index contributed by atoms with van der Waals surface area (Å²) in [6.45, 7) is 3.25. The molecule has 0 spiro atoms. The van der Waals surface area contributed by atoms with Gasteiger partial charge in [0, 0.05) is 37.8 Å². The van der Waals surface area contributed by atoms with E-state index in [4.69, 9.17) is 21.5 Å². The number of hydrogen-bond acceptors (Lipinski definition) is 5. The Balaban J connectivity index is 1.66. The van der Waals surface area contributed by atoms with E-state index in [0.717, 1.165) is 24.1 Å². The molecule has 0 unspecified atom stereocenters. The molecular weight excluding hydrogens is 408 g/mol. The van der Waals surface area contributed by atoms with Crippen LogP contribution in [0.15, 0.2) is 47.0 Å². The maximum absolute atomic E-state index is 12.4. The number of halogens is 1. The molecule has 1 N–H and O–H groups in total. The van der Waals surface area contributed by atoms with Crippen molar-refractivity contribution in [3.05, 3.63) is 63.0 Å². The van der Waals surface area contributed by atoms with Gasteiger partial charge >= 0.3 is 0 Å². The smallest absolute Gasteiger partial charge is 0.264 e. The number of aromatic nitrogens is 1. The second kappa shape index (κ2) is 9.24. The first-order valence-electron chi connectivity index (χ1n) is 9.26. The van der Waals surface area contributed by atoms with E-state index >= 15 is 0 Å². The number of nitrogens with zero attached hydrogens (tertiary/aromatic N) is 3. The highest BCUT2D eigenvalue weighted by molar-refractivity contribution is 7.17. The Morgan fingerprint density at radius 3 is 2.52 bits per heavy atom. The van der Waals surface area contributed by atoms with Crippen LogP contribution in [0.25, 0.3) is 11.3 Å². The second-order valence-corrected chi connectivity index (χ2v) is 8.51. The van der Waals surface area contributed by atoms with E-state index in [-0.39, 0.29) is 5.91 Å². The molecule has 1 amide bonds. The highest BCUT2D eigenvalue weighted by atomic mass is 35.5. The average Bonchev–Trinajstić information content (AvgIpc) is 3.36. The highest BCUT2D eigenvalue weighted by Crippen LogP contribution is 2.24. The largest absolute Gasteiger partial charge is 0.360 e. The van der Waals surface area contributed by atoms with Gasteiger partial charge in [0.15, 0.2) is 5.76 Å². The van der Waals surface area contributed by atoms with Gasteiger partial charge in [0.25, 0.3) is 5.91 Å². The zero-order valence-corrected chi connectivity index (χ0v) is 18.2. The van der Waals surface area contributed by atoms with E-state index in [1.807, 2.05) is 42.3 Å². The van der Waals surface area contributed by atoms with Crippen LogP contribution in [-0.4, -0.2) is 47.3 Å². The van der Waals surface area contributed by atoms with Crippen LogP contribution in [0.2, 0.25) is 4.34 Å². The van der Waals surface area contributed by atoms with Gasteiger partial charge in [-0.1, -0.05) is 47.9 Å². The molecule has 0 bridgehead atoms. The zero-order valence-electron chi connectivity index (χ0n) is 16.6. The van der Waals surface area contributed by atoms with Crippen LogP contribution < -0.4 is 0 Å². The zero-order chi connectivity index (χ0) is 21.0. The molecule has 0 fully saturated rings. The Kier molecular flexibility index (Phi) is 6.71. The van der Waals surface area contributed by atoms with E-state index in [0.29, 0.717) is 33.0 Å². The third kappa shape index (κ3) is 5.05. The molecule has 2 aromatic heterocycles. The average molecular weight is 431 g/mol. The number of carbonyl (C=O) groups excluding carboxylic acids is 1. The van der Waals surface area contributed by atoms with Gasteiger partial charge in [0.1, 0.15) is 11.5 Å². The Hall–Kier alpha value is -2.64. The lowest BCUT2D eigenvalue weighted by atomic mass is 10.1. The highest BCUT2D eigenvalue weighted by Gasteiger charge is 2.17. The van der Waals surface area contributed by atoms with Crippen molar-refractivity contribution in [1.82, 2.24) is 15.0 Å². The molecule has 0 radical (unpaired) electrons. The predicted molar refractivity (Wildman–Crippen MR) is 117 cm³/mol. The summed E-state index contributed by atoms with van der Waals surface area (Å²) >= 11 is 7.16. The lowest BCUT2D eigenvalue weighted by Gasteiger charge is -2.19. The summed E-state index contributed by atoms with van der Waals surface area (Å²) in [5, 5.41) is 12.4. The summed E-state index contributed by atoms with van der Waals surface area (Å²) in [5.41, 5.74) is 2.45. The van der Waals surface area contributed by atoms with E-state index in [2.05, 4.69) is 12.1 Å². The van der Waals surface area contributed by atoms with Crippen molar-refractivity contribution >= 4 is 34.7 Å². The van der Waals surface area contributed by atoms with Crippen molar-refractivity contribution < 1.29 is 9.32 Å². The molecule has 2 heterocycles. The van der Waals surface area contributed by atoms with Gasteiger partial charge in [-0.05, 0) is 18.6 Å². The van der Waals surface area contributed by atoms with Crippen LogP contribution in [0.4, 0.5) is 0 Å². The third-order valence-corrected chi connectivity index (χ3v) is 5.70. The molecule has 3 rings (SSSR count). The quantitative estimate of drug-likeness (QED) is 0.423. The van der Waals surface area contributed by atoms with Gasteiger partial charge in [-0.3, -0.25) is 10.2 Å². The molecule has 152 valence electrons. The van der Waals surface area contributed by atoms with Crippen LogP contribution in [0.3, 0.4) is 0 Å². The Bertz CT molecular complexity index is 996. The van der Waals surface area contributed by atoms with Crippen molar-refractivity contribution in [3.8, 4) is 11.3 Å². The summed E-state index contributed by atoms with van der Waals surface area (Å²) in [4.78, 5) is 16.5. The molecule has 0 atom stereocenters. The Morgan fingerprint density at radius 1 is 1.17 bits per heavy atom. The van der Waals surface area contributed by atoms with Crippen molar-refractivity contribution in [3.63, 3.8) is 0 Å². The number of benzene rings is 1. The van der Waals surface area contributed by atoms with Crippen molar-refractivity contribution in [2.75, 3.05) is 20.6 Å². The lowest BCUT2D eigenvalue weighted by Crippen LogP contribution is -2.27. The molecule has 0 saturated carbocycles. The van der Waals surface area contributed by atoms with Gasteiger partial charge < -0.3 is 14.3 Å². The lowest BCUT2D eigenvalue weighted by molar-refractivity contribution is 0.0777. The fourth-order valence-electron chi connectivity index (χ4n) is 2.91. The second-order valence-electron chi connectivity index (χ2n) is 6.79. The monoisotopic (exact) mass is 430 g/mol. The number of rotatable bonds is 7. The minimum absolute atomic E-state index is 0.112. The first-order chi connectivity index (χ1) is 13.9. The van der Waals surface area contributed by atoms with Gasteiger partial charge in [-0.25, -0.2) is 0 Å². The van der Waals surface area contributed by atoms with Crippen LogP contribution in [0.1, 0.15) is 34.3 Å². The number of hydrogen-bond donors (Lipinski definition) is 1. The molecule has 0 saturated heterocycles. The van der Waals surface area contributed by atoms with Gasteiger partial charge in [-0.15, -0.1) is 11.3 Å². The van der Waals surface area contributed by atoms with E-state index < -0.39 is 0 Å². The fourth-order valence-corrected chi connectivity index (χ4v) is 3.95. The summed E-state index contributed by atoms with van der Waals surface area (Å²) in [6.07, 6.45) is 0.995. The predicted octanol–water partition coefficient (Wildman–Crippen LogP) is 5.00. The molecule has 8 heteroatoms. The molecule has 0 aliphatic carbocycles. The minimum atomic E-state index is -0.112. The van der Waals surface area contributed by atoms with Gasteiger partial charge in [0.05, 0.1) is 15.8 Å². The van der Waals surface area contributed by atoms with Crippen molar-refractivity contribution in [2.45, 2.75) is 19.9 Å². The van der Waals surface area contributed by atoms with Crippen LogP contribution in [0.5, 0.6) is 0 Å². The van der Waals surface area contributed by atoms with E-state index in [9.17, 15) is 4.79 Å². The number of amides is 1. The SMILES string of the molecule is CCCN(C)C(=N)c1ccc(-c2cc(CN(C)C(=O)c3ccc(Cl)s3)on2)cc1. The Morgan fingerprint density at radius 2 is 1.90 bits per heavy atom. The summed E-state index contributed by atoms with van der Waals surface area (Å²) in [6, 6.07) is 12.9. The first-order valence-corrected chi connectivity index (χ1v) is 10.5. The topological polar surface area (TPSA) is 73.4 Å². The van der Waals surface area contributed by atoms with Gasteiger partial charge in [-0.2, -0.15) is 0 Å². The molecular formula is C21H23ClN4O2S. The minimum Gasteiger partial charge on any atom is -0.360 e. The summed E-state index contributed by atoms with van der Waals surface area (Å²) < 4.78 is 6.00. The molecule has 3 aromatic rings. The molecule has 29 heavy (non-hydrogen) atoms. The maximum atomic E-state index is 12.4. The van der Waals surface area contributed by atoms with Crippen molar-refractivity contribution in [2.24, 2.45) is 0 Å². The molecule has 6 nitrogen and oxygen atoms in total. The number of nitrogens with one attached hydrogen (secondary N) is 1. The third-order valence-electron chi connectivity index (χ3n) is 4.48. The number of thiophene rings is 1. The Labute approximate surface area is 179 Å². The number of carbonyl (C=O) groups is 1. The van der Waals surface area contributed by atoms with Gasteiger partial charge in [0.2, 0.25) is 0 Å². The molecule has 0 aliphatic heterocycles. The van der Waals surface area contributed by atoms with E-state index in [1.54, 1.807) is 24.1 Å². The van der Waals surface area contributed by atoms with Crippen LogP contribution in [0, 0.1) is 5.41 Å². The van der Waals surface area contributed by atoms with E-state index in [1.165, 1.54) is 11.3 Å². The maximum Gasteiger partial charge on any atom is 0.264 e. The summed E-state index contributed by atoms with van der Waals surface area (Å²) in [7, 11) is 3.64. The standard InChI is InChI=1S/C21H23ClN4O2S/c1-4-11-25(2)20(23)15-7-5-14(6-8-15)17-12-16(28-24-17)13-26(3)21(27)18-9-10-19(22)29-18/h5-10,12,23H,4,11,13H2,1-3H3. The first kappa shape index (κ1) is 21.1. The normalized spacial score (nSPS) is 10.8. The fraction of sp³-hybridized carbons (Fsp3) is 0.286. The number of amidine groups is 1. The molecule has 1 aromatic carbocycles. The molecule has 0 aliphatic rings. The van der Waals surface area contributed by atoms with Crippen LogP contribution >= 0.6 is 22.9 Å². The van der Waals surface area contributed by atoms with Crippen LogP contribution in [-0.2, 0) is 6.54 Å². The summed E-state index contributed by atoms with van der Waals surface area (Å²) in [5.74, 6) is 0.977.